The van der Waals surface area contributed by atoms with Crippen LogP contribution < -0.4 is 0 Å². The maximum Gasteiger partial charge on any atom is 0.306 e. The van der Waals surface area contributed by atoms with Gasteiger partial charge in [0.2, 0.25) is 0 Å². The lowest BCUT2D eigenvalue weighted by atomic mass is 10.1. The summed E-state index contributed by atoms with van der Waals surface area (Å²) in [6.07, 6.45) is 48.2. The normalized spacial score (nSPS) is 12.4. The topological polar surface area (TPSA) is 78.9 Å². The first kappa shape index (κ1) is 50.4. The number of allylic oxidation sites excluding steroid dienone is 8. The zero-order valence-corrected chi connectivity index (χ0v) is 34.8. The van der Waals surface area contributed by atoms with Crippen LogP contribution in [0.25, 0.3) is 0 Å². The van der Waals surface area contributed by atoms with E-state index in [9.17, 15) is 14.4 Å². The highest BCUT2D eigenvalue weighted by Gasteiger charge is 2.19. The molecular formula is C47H82O6. The molecule has 0 bridgehead atoms. The smallest absolute Gasteiger partial charge is 0.306 e. The van der Waals surface area contributed by atoms with E-state index in [1.54, 1.807) is 0 Å². The summed E-state index contributed by atoms with van der Waals surface area (Å²) in [5.41, 5.74) is 0. The second-order valence-corrected chi connectivity index (χ2v) is 14.6. The van der Waals surface area contributed by atoms with Crippen LogP contribution in [0.1, 0.15) is 213 Å². The van der Waals surface area contributed by atoms with E-state index in [0.717, 1.165) is 96.3 Å². The van der Waals surface area contributed by atoms with Gasteiger partial charge in [-0.3, -0.25) is 14.4 Å². The number of esters is 3. The third-order valence-electron chi connectivity index (χ3n) is 9.29. The average molecular weight is 743 g/mol. The van der Waals surface area contributed by atoms with E-state index in [0.29, 0.717) is 19.3 Å². The van der Waals surface area contributed by atoms with Crippen LogP contribution in [0.2, 0.25) is 0 Å². The predicted octanol–water partition coefficient (Wildman–Crippen LogP) is 14.0. The fraction of sp³-hybridized carbons (Fsp3) is 0.766. The molecule has 306 valence electrons. The van der Waals surface area contributed by atoms with Gasteiger partial charge < -0.3 is 14.2 Å². The maximum absolute atomic E-state index is 12.7. The number of carbonyl (C=O) groups excluding carboxylic acids is 3. The van der Waals surface area contributed by atoms with Crippen LogP contribution in [-0.4, -0.2) is 37.2 Å². The summed E-state index contributed by atoms with van der Waals surface area (Å²) in [5.74, 6) is -0.960. The molecule has 0 amide bonds. The van der Waals surface area contributed by atoms with E-state index < -0.39 is 6.10 Å². The van der Waals surface area contributed by atoms with Gasteiger partial charge in [0.25, 0.3) is 0 Å². The van der Waals surface area contributed by atoms with E-state index in [4.69, 9.17) is 14.2 Å². The second kappa shape index (κ2) is 42.1. The Morgan fingerprint density at radius 2 is 0.736 bits per heavy atom. The Kier molecular flexibility index (Phi) is 40.0. The molecule has 0 saturated carbocycles. The summed E-state index contributed by atoms with van der Waals surface area (Å²) in [6, 6.07) is 0. The Morgan fingerprint density at radius 3 is 1.25 bits per heavy atom. The Labute approximate surface area is 327 Å². The van der Waals surface area contributed by atoms with Crippen molar-refractivity contribution in [1.82, 2.24) is 0 Å². The van der Waals surface area contributed by atoms with Gasteiger partial charge in [-0.1, -0.05) is 146 Å². The number of carbonyl (C=O) groups is 3. The lowest BCUT2D eigenvalue weighted by Crippen LogP contribution is -2.30. The van der Waals surface area contributed by atoms with Crippen LogP contribution in [0, 0.1) is 0 Å². The molecule has 1 atom stereocenters. The van der Waals surface area contributed by atoms with Gasteiger partial charge in [-0.2, -0.15) is 0 Å². The van der Waals surface area contributed by atoms with Crippen molar-refractivity contribution in [3.63, 3.8) is 0 Å². The Hall–Kier alpha value is -2.63. The van der Waals surface area contributed by atoms with Crippen molar-refractivity contribution < 1.29 is 28.6 Å². The quantitative estimate of drug-likeness (QED) is 0.0270. The van der Waals surface area contributed by atoms with Gasteiger partial charge in [0, 0.05) is 19.3 Å². The molecule has 0 spiro atoms. The number of ether oxygens (including phenoxy) is 3. The van der Waals surface area contributed by atoms with Crippen LogP contribution in [0.5, 0.6) is 0 Å². The molecule has 6 heteroatoms. The van der Waals surface area contributed by atoms with Crippen molar-refractivity contribution in [2.45, 2.75) is 219 Å². The lowest BCUT2D eigenvalue weighted by Gasteiger charge is -2.18. The van der Waals surface area contributed by atoms with Crippen molar-refractivity contribution in [3.8, 4) is 0 Å². The van der Waals surface area contributed by atoms with E-state index in [2.05, 4.69) is 69.4 Å². The van der Waals surface area contributed by atoms with Crippen molar-refractivity contribution in [3.05, 3.63) is 48.6 Å². The zero-order chi connectivity index (χ0) is 38.7. The minimum Gasteiger partial charge on any atom is -0.462 e. The molecule has 0 rings (SSSR count). The van der Waals surface area contributed by atoms with Gasteiger partial charge in [-0.05, 0) is 96.3 Å². The number of rotatable bonds is 39. The third-order valence-corrected chi connectivity index (χ3v) is 9.29. The van der Waals surface area contributed by atoms with Crippen LogP contribution in [0.15, 0.2) is 48.6 Å². The summed E-state index contributed by atoms with van der Waals surface area (Å²) >= 11 is 0. The van der Waals surface area contributed by atoms with Gasteiger partial charge in [-0.15, -0.1) is 0 Å². The summed E-state index contributed by atoms with van der Waals surface area (Å²) in [6.45, 7) is 6.42. The zero-order valence-electron chi connectivity index (χ0n) is 34.8. The third kappa shape index (κ3) is 40.4. The predicted molar refractivity (Wildman–Crippen MR) is 224 cm³/mol. The van der Waals surface area contributed by atoms with E-state index in [-0.39, 0.29) is 31.1 Å². The molecule has 0 aliphatic carbocycles. The van der Waals surface area contributed by atoms with Gasteiger partial charge in [0.1, 0.15) is 13.2 Å². The number of unbranched alkanes of at least 4 members (excludes halogenated alkanes) is 20. The summed E-state index contributed by atoms with van der Waals surface area (Å²) in [7, 11) is 0. The highest BCUT2D eigenvalue weighted by atomic mass is 16.6. The van der Waals surface area contributed by atoms with E-state index in [1.807, 2.05) is 0 Å². The summed E-state index contributed by atoms with van der Waals surface area (Å²) in [5, 5.41) is 0. The highest BCUT2D eigenvalue weighted by molar-refractivity contribution is 5.71. The molecular weight excluding hydrogens is 661 g/mol. The molecule has 0 saturated heterocycles. The van der Waals surface area contributed by atoms with Gasteiger partial charge >= 0.3 is 17.9 Å². The molecule has 0 radical (unpaired) electrons. The van der Waals surface area contributed by atoms with Gasteiger partial charge in [0.05, 0.1) is 0 Å². The van der Waals surface area contributed by atoms with Gasteiger partial charge in [0.15, 0.2) is 6.10 Å². The number of hydrogen-bond acceptors (Lipinski definition) is 6. The van der Waals surface area contributed by atoms with Crippen molar-refractivity contribution >= 4 is 17.9 Å². The van der Waals surface area contributed by atoms with Crippen molar-refractivity contribution in [2.24, 2.45) is 0 Å². The van der Waals surface area contributed by atoms with Crippen LogP contribution in [-0.2, 0) is 28.6 Å². The Balaban J connectivity index is 4.42. The average Bonchev–Trinajstić information content (AvgIpc) is 3.15. The summed E-state index contributed by atoms with van der Waals surface area (Å²) in [4.78, 5) is 37.6. The fourth-order valence-corrected chi connectivity index (χ4v) is 5.94. The molecule has 0 aromatic carbocycles. The standard InChI is InChI=1S/C47H82O6/c1-4-7-10-13-16-19-21-23-24-26-28-31-34-37-40-46(49)52-43-44(42-51-45(48)39-36-33-30-27-18-15-12-9-6-3)53-47(50)41-38-35-32-29-25-22-20-17-14-11-8-5-2/h9,12,17-18,20,24,26-27,44H,4-8,10-11,13-16,19,21-23,25,28-43H2,1-3H3/b12-9-,20-17-,26-24-,27-18-. The molecule has 0 fully saturated rings. The molecule has 53 heavy (non-hydrogen) atoms. The molecule has 0 heterocycles. The Bertz CT molecular complexity index is 949. The van der Waals surface area contributed by atoms with Crippen molar-refractivity contribution in [1.29, 1.82) is 0 Å². The molecule has 0 aliphatic heterocycles. The number of hydrogen-bond donors (Lipinski definition) is 0. The molecule has 0 aliphatic rings. The molecule has 0 aromatic heterocycles. The van der Waals surface area contributed by atoms with E-state index >= 15 is 0 Å². The van der Waals surface area contributed by atoms with Crippen LogP contribution in [0.4, 0.5) is 0 Å². The first-order valence-electron chi connectivity index (χ1n) is 22.1. The van der Waals surface area contributed by atoms with Gasteiger partial charge in [-0.25, -0.2) is 0 Å². The highest BCUT2D eigenvalue weighted by Crippen LogP contribution is 2.13. The SMILES string of the molecule is CC/C=C\C/C=C\CCCCC(=O)OCC(COC(=O)CCCCC/C=C\CCCCCCCCC)OC(=O)CCCCCCC/C=C\CCCCC. The molecule has 6 nitrogen and oxygen atoms in total. The largest absolute Gasteiger partial charge is 0.462 e. The van der Waals surface area contributed by atoms with E-state index in [1.165, 1.54) is 77.0 Å². The minimum atomic E-state index is -0.792. The maximum atomic E-state index is 12.7. The van der Waals surface area contributed by atoms with Crippen LogP contribution in [0.3, 0.4) is 0 Å². The van der Waals surface area contributed by atoms with Crippen LogP contribution >= 0.6 is 0 Å². The minimum absolute atomic E-state index is 0.0948. The summed E-state index contributed by atoms with van der Waals surface area (Å²) < 4.78 is 16.6. The fourth-order valence-electron chi connectivity index (χ4n) is 5.94. The molecule has 0 aromatic rings. The molecule has 1 unspecified atom stereocenters. The second-order valence-electron chi connectivity index (χ2n) is 14.6. The Morgan fingerprint density at radius 1 is 0.396 bits per heavy atom. The first-order valence-corrected chi connectivity index (χ1v) is 22.1. The molecule has 0 N–H and O–H groups in total. The van der Waals surface area contributed by atoms with Crippen molar-refractivity contribution in [2.75, 3.05) is 13.2 Å². The lowest BCUT2D eigenvalue weighted by molar-refractivity contribution is -0.167. The first-order chi connectivity index (χ1) is 26.0. The monoisotopic (exact) mass is 743 g/mol.